The average molecular weight is 469 g/mol. The van der Waals surface area contributed by atoms with Gasteiger partial charge in [-0.25, -0.2) is 0 Å². The number of aliphatic carboxylic acids is 1. The number of halogens is 2. The fraction of sp³-hybridized carbons (Fsp3) is 0.381. The fourth-order valence-electron chi connectivity index (χ4n) is 3.40. The summed E-state index contributed by atoms with van der Waals surface area (Å²) in [7, 11) is 0. The van der Waals surface area contributed by atoms with Crippen molar-refractivity contribution in [2.24, 2.45) is 5.92 Å². The van der Waals surface area contributed by atoms with Gasteiger partial charge < -0.3 is 15.3 Å². The van der Waals surface area contributed by atoms with E-state index < -0.39 is 11.9 Å². The van der Waals surface area contributed by atoms with Crippen molar-refractivity contribution in [3.8, 4) is 0 Å². The summed E-state index contributed by atoms with van der Waals surface area (Å²) in [5.41, 5.74) is 0.690. The summed E-state index contributed by atoms with van der Waals surface area (Å²) >= 11 is 14.2. The van der Waals surface area contributed by atoms with E-state index in [9.17, 15) is 14.4 Å². The van der Waals surface area contributed by atoms with Gasteiger partial charge in [0.05, 0.1) is 21.2 Å². The van der Waals surface area contributed by atoms with Crippen LogP contribution in [0.5, 0.6) is 0 Å². The molecule has 0 aliphatic carbocycles. The molecule has 2 aromatic rings. The fourth-order valence-corrected chi connectivity index (χ4v) is 4.84. The van der Waals surface area contributed by atoms with Gasteiger partial charge in [-0.3, -0.25) is 14.4 Å². The van der Waals surface area contributed by atoms with Crippen LogP contribution in [0.25, 0.3) is 16.2 Å². The Morgan fingerprint density at radius 3 is 2.67 bits per heavy atom. The number of carbonyl (C=O) groups excluding carboxylic acids is 2. The summed E-state index contributed by atoms with van der Waals surface area (Å²) < 4.78 is 0.923. The lowest BCUT2D eigenvalue weighted by Crippen LogP contribution is -2.47. The Labute approximate surface area is 188 Å². The monoisotopic (exact) mass is 468 g/mol. The van der Waals surface area contributed by atoms with E-state index in [1.807, 2.05) is 17.5 Å². The molecule has 1 aromatic carbocycles. The summed E-state index contributed by atoms with van der Waals surface area (Å²) in [6.45, 7) is 2.62. The Hall–Kier alpha value is -2.09. The molecule has 0 spiro atoms. The summed E-state index contributed by atoms with van der Waals surface area (Å²) in [5.74, 6) is -1.97. The third-order valence-electron chi connectivity index (χ3n) is 5.14. The first-order chi connectivity index (χ1) is 14.3. The smallest absolute Gasteiger partial charge is 0.304 e. The number of nitrogens with zero attached hydrogens (tertiary/aromatic N) is 1. The van der Waals surface area contributed by atoms with E-state index in [0.717, 1.165) is 10.1 Å². The van der Waals surface area contributed by atoms with Crippen LogP contribution >= 0.6 is 34.5 Å². The number of carboxylic acid groups (broad SMARTS) is 1. The second-order valence-electron chi connectivity index (χ2n) is 7.37. The first-order valence-electron chi connectivity index (χ1n) is 9.60. The molecular weight excluding hydrogens is 447 g/mol. The number of nitrogens with one attached hydrogen (secondary N) is 1. The number of fused-ring (bicyclic) bond motifs is 1. The highest BCUT2D eigenvalue weighted by Crippen LogP contribution is 2.37. The van der Waals surface area contributed by atoms with Crippen LogP contribution in [0.2, 0.25) is 10.0 Å². The number of rotatable bonds is 6. The lowest BCUT2D eigenvalue weighted by atomic mass is 10.0. The normalized spacial score (nSPS) is 16.2. The number of amides is 2. The molecular formula is C21H22Cl2N2O4S. The van der Waals surface area contributed by atoms with Crippen LogP contribution in [0.3, 0.4) is 0 Å². The lowest BCUT2D eigenvalue weighted by Gasteiger charge is -2.32. The van der Waals surface area contributed by atoms with E-state index in [0.29, 0.717) is 41.5 Å². The van der Waals surface area contributed by atoms with Crippen molar-refractivity contribution < 1.29 is 19.5 Å². The molecule has 30 heavy (non-hydrogen) atoms. The largest absolute Gasteiger partial charge is 0.481 e. The Kier molecular flexibility index (Phi) is 7.39. The molecule has 1 aliphatic heterocycles. The molecule has 1 aromatic heterocycles. The van der Waals surface area contributed by atoms with E-state index in [1.165, 1.54) is 17.4 Å². The van der Waals surface area contributed by atoms with Gasteiger partial charge in [-0.2, -0.15) is 0 Å². The zero-order valence-electron chi connectivity index (χ0n) is 16.4. The number of thiophene rings is 1. The first-order valence-corrected chi connectivity index (χ1v) is 11.2. The van der Waals surface area contributed by atoms with E-state index in [4.69, 9.17) is 28.3 Å². The van der Waals surface area contributed by atoms with Crippen LogP contribution in [0.1, 0.15) is 31.7 Å². The van der Waals surface area contributed by atoms with E-state index in [1.54, 1.807) is 17.9 Å². The highest BCUT2D eigenvalue weighted by molar-refractivity contribution is 7.18. The van der Waals surface area contributed by atoms with Gasteiger partial charge in [0, 0.05) is 31.1 Å². The number of carbonyl (C=O) groups is 3. The highest BCUT2D eigenvalue weighted by atomic mass is 35.5. The quantitative estimate of drug-likeness (QED) is 0.613. The highest BCUT2D eigenvalue weighted by Gasteiger charge is 2.25. The Morgan fingerprint density at radius 1 is 1.30 bits per heavy atom. The molecule has 1 aliphatic rings. The molecule has 0 radical (unpaired) electrons. The summed E-state index contributed by atoms with van der Waals surface area (Å²) in [6.07, 6.45) is 4.22. The average Bonchev–Trinajstić information content (AvgIpc) is 3.18. The van der Waals surface area contributed by atoms with Crippen molar-refractivity contribution in [1.29, 1.82) is 0 Å². The minimum Gasteiger partial charge on any atom is -0.481 e. The van der Waals surface area contributed by atoms with Gasteiger partial charge in [0.2, 0.25) is 11.8 Å². The van der Waals surface area contributed by atoms with Gasteiger partial charge in [0.1, 0.15) is 0 Å². The second-order valence-corrected chi connectivity index (χ2v) is 9.05. The van der Waals surface area contributed by atoms with Crippen molar-refractivity contribution in [3.63, 3.8) is 0 Å². The Bertz CT molecular complexity index is 996. The molecule has 1 saturated heterocycles. The number of benzene rings is 1. The van der Waals surface area contributed by atoms with Crippen molar-refractivity contribution in [2.45, 2.75) is 32.2 Å². The zero-order valence-corrected chi connectivity index (χ0v) is 18.7. The van der Waals surface area contributed by atoms with Gasteiger partial charge in [-0.05, 0) is 47.4 Å². The maximum absolute atomic E-state index is 12.6. The summed E-state index contributed by atoms with van der Waals surface area (Å²) in [5, 5.41) is 15.5. The Balaban J connectivity index is 1.55. The van der Waals surface area contributed by atoms with Gasteiger partial charge in [-0.1, -0.05) is 30.1 Å². The Morgan fingerprint density at radius 2 is 2.00 bits per heavy atom. The molecule has 2 heterocycles. The van der Waals surface area contributed by atoms with Gasteiger partial charge in [-0.15, -0.1) is 11.3 Å². The van der Waals surface area contributed by atoms with Gasteiger partial charge >= 0.3 is 5.97 Å². The van der Waals surface area contributed by atoms with E-state index in [2.05, 4.69) is 5.32 Å². The van der Waals surface area contributed by atoms with Crippen molar-refractivity contribution in [1.82, 2.24) is 10.2 Å². The second kappa shape index (κ2) is 9.81. The van der Waals surface area contributed by atoms with Gasteiger partial charge in [0.15, 0.2) is 0 Å². The molecule has 0 unspecified atom stereocenters. The maximum Gasteiger partial charge on any atom is 0.304 e. The SMILES string of the molecule is C[C@H](CC(=O)O)C(=O)NC1CCN(C(=O)/C=C/c2cc3ccsc3c(Cl)c2Cl)CC1. The predicted octanol–water partition coefficient (Wildman–Crippen LogP) is 4.44. The standard InChI is InChI=1S/C21H22Cl2N2O4S/c1-12(10-17(27)28)21(29)24-15-4-7-25(8-5-15)16(26)3-2-13-11-14-6-9-30-20(14)19(23)18(13)22/h2-3,6,9,11-12,15H,4-5,7-8,10H2,1H3,(H,24,29)(H,27,28)/b3-2+/t12-/m1/s1. The molecule has 0 saturated carbocycles. The third-order valence-corrected chi connectivity index (χ3v) is 7.08. The summed E-state index contributed by atoms with van der Waals surface area (Å²) in [6, 6.07) is 3.80. The molecule has 9 heteroatoms. The van der Waals surface area contributed by atoms with Crippen molar-refractivity contribution in [3.05, 3.63) is 39.2 Å². The van der Waals surface area contributed by atoms with Crippen LogP contribution < -0.4 is 5.32 Å². The van der Waals surface area contributed by atoms with E-state index in [-0.39, 0.29) is 24.3 Å². The van der Waals surface area contributed by atoms with Crippen molar-refractivity contribution >= 4 is 68.5 Å². The topological polar surface area (TPSA) is 86.7 Å². The number of hydrogen-bond acceptors (Lipinski definition) is 4. The van der Waals surface area contributed by atoms with E-state index >= 15 is 0 Å². The number of carboxylic acids is 1. The van der Waals surface area contributed by atoms with Crippen molar-refractivity contribution in [2.75, 3.05) is 13.1 Å². The molecule has 2 N–H and O–H groups in total. The number of likely N-dealkylation sites (tertiary alicyclic amines) is 1. The molecule has 3 rings (SSSR count). The lowest BCUT2D eigenvalue weighted by molar-refractivity contribution is -0.141. The van der Waals surface area contributed by atoms with Gasteiger partial charge in [0.25, 0.3) is 0 Å². The van der Waals surface area contributed by atoms with Crippen LogP contribution in [0, 0.1) is 5.92 Å². The zero-order chi connectivity index (χ0) is 21.8. The van der Waals surface area contributed by atoms with Crippen LogP contribution in [-0.4, -0.2) is 46.9 Å². The first kappa shape index (κ1) is 22.6. The molecule has 160 valence electrons. The van der Waals surface area contributed by atoms with Crippen LogP contribution in [-0.2, 0) is 14.4 Å². The summed E-state index contributed by atoms with van der Waals surface area (Å²) in [4.78, 5) is 37.1. The molecule has 1 atom stereocenters. The molecule has 6 nitrogen and oxygen atoms in total. The number of piperidine rings is 1. The minimum absolute atomic E-state index is 0.0592. The molecule has 2 amide bonds. The van der Waals surface area contributed by atoms with Crippen LogP contribution in [0.4, 0.5) is 0 Å². The maximum atomic E-state index is 12.6. The third kappa shape index (κ3) is 5.33. The molecule has 1 fully saturated rings. The van der Waals surface area contributed by atoms with Crippen LogP contribution in [0.15, 0.2) is 23.6 Å². The number of hydrogen-bond donors (Lipinski definition) is 2. The predicted molar refractivity (Wildman–Crippen MR) is 120 cm³/mol. The minimum atomic E-state index is -0.996. The molecule has 0 bridgehead atoms.